The quantitative estimate of drug-likeness (QED) is 0.175. The van der Waals surface area contributed by atoms with Crippen LogP contribution < -0.4 is 15.0 Å². The Balaban J connectivity index is 1.19. The average Bonchev–Trinajstić information content (AvgIpc) is 3.45. The number of para-hydroxylation sites is 1. The minimum absolute atomic E-state index is 0.0248. The first kappa shape index (κ1) is 32.7. The Hall–Kier alpha value is -4.67. The Kier molecular flexibility index (Phi) is 11.1. The minimum atomic E-state index is -0.460. The van der Waals surface area contributed by atoms with Gasteiger partial charge in [0, 0.05) is 31.6 Å². The molecule has 0 bridgehead atoms. The van der Waals surface area contributed by atoms with Crippen LogP contribution in [0.15, 0.2) is 84.9 Å². The van der Waals surface area contributed by atoms with Crippen molar-refractivity contribution in [2.24, 2.45) is 5.92 Å². The summed E-state index contributed by atoms with van der Waals surface area (Å²) in [5.41, 5.74) is 2.57. The summed E-state index contributed by atoms with van der Waals surface area (Å²) in [4.78, 5) is 54.1. The second-order valence-electron chi connectivity index (χ2n) is 11.1. The van der Waals surface area contributed by atoms with E-state index in [0.717, 1.165) is 17.5 Å². The van der Waals surface area contributed by atoms with Gasteiger partial charge in [0.2, 0.25) is 11.8 Å². The van der Waals surface area contributed by atoms with E-state index in [1.165, 1.54) is 28.9 Å². The number of ether oxygens (including phenoxy) is 3. The summed E-state index contributed by atoms with van der Waals surface area (Å²) in [6.07, 6.45) is 4.85. The summed E-state index contributed by atoms with van der Waals surface area (Å²) in [5, 5.41) is 3.11. The monoisotopic (exact) mass is 645 g/mol. The third-order valence-electron chi connectivity index (χ3n) is 7.77. The molecule has 1 heterocycles. The molecule has 3 aromatic rings. The Morgan fingerprint density at radius 3 is 2.54 bits per heavy atom. The molecule has 0 spiro atoms. The number of hydrogen-bond acceptors (Lipinski definition) is 7. The van der Waals surface area contributed by atoms with E-state index in [-0.39, 0.29) is 67.3 Å². The van der Waals surface area contributed by atoms with Crippen molar-refractivity contribution in [2.75, 3.05) is 37.7 Å². The zero-order chi connectivity index (χ0) is 32.5. The second kappa shape index (κ2) is 15.6. The number of fused-ring (bicyclic) bond motifs is 1. The standard InChI is InChI=1S/C35H36ClN3O7/c1-24(40)44-16-17-45-28-14-15-29(30(36)18-28)35(43)39-22-34(42)38(20-27-10-5-6-12-31(27)39)21-33(41)37-19-26-11-7-13-32(26)46-23-25-8-3-2-4-9-25/h2-12,14-15,18,26,32H,13,16-17,19-23H2,1H3,(H,37,41)/t26?,32-/m1/s1. The third kappa shape index (κ3) is 8.52. The Labute approximate surface area is 272 Å². The van der Waals surface area contributed by atoms with Crippen molar-refractivity contribution in [1.82, 2.24) is 10.2 Å². The number of rotatable bonds is 12. The number of benzene rings is 3. The summed E-state index contributed by atoms with van der Waals surface area (Å²) in [6, 6.07) is 21.8. The summed E-state index contributed by atoms with van der Waals surface area (Å²) >= 11 is 6.48. The summed E-state index contributed by atoms with van der Waals surface area (Å²) in [6.45, 7) is 2.15. The predicted molar refractivity (Wildman–Crippen MR) is 172 cm³/mol. The lowest BCUT2D eigenvalue weighted by Crippen LogP contribution is -2.45. The van der Waals surface area contributed by atoms with E-state index >= 15 is 0 Å². The highest BCUT2D eigenvalue weighted by atomic mass is 35.5. The van der Waals surface area contributed by atoms with Gasteiger partial charge in [0.15, 0.2) is 0 Å². The lowest BCUT2D eigenvalue weighted by molar-refractivity contribution is -0.141. The van der Waals surface area contributed by atoms with Gasteiger partial charge >= 0.3 is 5.97 Å². The molecule has 0 saturated carbocycles. The zero-order valence-electron chi connectivity index (χ0n) is 25.5. The highest BCUT2D eigenvalue weighted by Crippen LogP contribution is 2.30. The van der Waals surface area contributed by atoms with E-state index in [1.54, 1.807) is 18.2 Å². The molecule has 11 heteroatoms. The van der Waals surface area contributed by atoms with E-state index in [2.05, 4.69) is 17.5 Å². The molecule has 3 aromatic carbocycles. The lowest BCUT2D eigenvalue weighted by Gasteiger charge is -2.24. The number of esters is 1. The van der Waals surface area contributed by atoms with Crippen molar-refractivity contribution >= 4 is 41.0 Å². The molecule has 2 atom stereocenters. The maximum absolute atomic E-state index is 13.8. The zero-order valence-corrected chi connectivity index (χ0v) is 26.3. The first-order valence-electron chi connectivity index (χ1n) is 15.1. The molecule has 5 rings (SSSR count). The van der Waals surface area contributed by atoms with Crippen LogP contribution in [0.4, 0.5) is 5.69 Å². The number of carbonyl (C=O) groups excluding carboxylic acids is 4. The molecular formula is C35H36ClN3O7. The van der Waals surface area contributed by atoms with E-state index in [4.69, 9.17) is 25.8 Å². The van der Waals surface area contributed by atoms with Crippen LogP contribution in [0.25, 0.3) is 0 Å². The summed E-state index contributed by atoms with van der Waals surface area (Å²) in [5.74, 6) is -1.10. The molecule has 0 radical (unpaired) electrons. The Morgan fingerprint density at radius 2 is 1.76 bits per heavy atom. The van der Waals surface area contributed by atoms with Gasteiger partial charge in [-0.2, -0.15) is 0 Å². The van der Waals surface area contributed by atoms with Crippen molar-refractivity contribution in [3.05, 3.63) is 107 Å². The Bertz CT molecular complexity index is 1600. The number of hydrogen-bond donors (Lipinski definition) is 1. The molecule has 0 aromatic heterocycles. The van der Waals surface area contributed by atoms with Crippen LogP contribution in [0.1, 0.15) is 34.8 Å². The van der Waals surface area contributed by atoms with Crippen molar-refractivity contribution in [2.45, 2.75) is 32.6 Å². The topological polar surface area (TPSA) is 114 Å². The molecule has 1 unspecified atom stereocenters. The number of nitrogens with zero attached hydrogens (tertiary/aromatic N) is 2. The van der Waals surface area contributed by atoms with Crippen LogP contribution in [0.5, 0.6) is 5.75 Å². The first-order valence-corrected chi connectivity index (χ1v) is 15.5. The van der Waals surface area contributed by atoms with Gasteiger partial charge < -0.3 is 24.4 Å². The van der Waals surface area contributed by atoms with Gasteiger partial charge in [-0.15, -0.1) is 0 Å². The molecule has 2 aliphatic rings. The fraction of sp³-hybridized carbons (Fsp3) is 0.314. The van der Waals surface area contributed by atoms with Gasteiger partial charge in [0.25, 0.3) is 5.91 Å². The fourth-order valence-corrected chi connectivity index (χ4v) is 5.66. The molecule has 0 saturated heterocycles. The van der Waals surface area contributed by atoms with E-state index in [9.17, 15) is 19.2 Å². The SMILES string of the molecule is CC(=O)OCCOc1ccc(C(=O)N2CC(=O)N(CC(=O)NCC3C=CC[C@H]3OCc3ccccc3)Cc3ccccc32)c(Cl)c1. The molecule has 1 N–H and O–H groups in total. The molecular weight excluding hydrogens is 610 g/mol. The summed E-state index contributed by atoms with van der Waals surface area (Å²) in [7, 11) is 0. The number of amides is 3. The fourth-order valence-electron chi connectivity index (χ4n) is 5.41. The number of anilines is 1. The van der Waals surface area contributed by atoms with E-state index in [0.29, 0.717) is 24.6 Å². The van der Waals surface area contributed by atoms with Crippen molar-refractivity contribution < 1.29 is 33.4 Å². The summed E-state index contributed by atoms with van der Waals surface area (Å²) < 4.78 is 16.5. The maximum atomic E-state index is 13.8. The van der Waals surface area contributed by atoms with E-state index < -0.39 is 11.9 Å². The molecule has 10 nitrogen and oxygen atoms in total. The van der Waals surface area contributed by atoms with Crippen molar-refractivity contribution in [3.63, 3.8) is 0 Å². The minimum Gasteiger partial charge on any atom is -0.490 e. The average molecular weight is 646 g/mol. The van der Waals surface area contributed by atoms with Gasteiger partial charge in [0.1, 0.15) is 25.5 Å². The van der Waals surface area contributed by atoms with Crippen molar-refractivity contribution in [3.8, 4) is 5.75 Å². The molecule has 0 fully saturated rings. The van der Waals surface area contributed by atoms with Crippen molar-refractivity contribution in [1.29, 1.82) is 0 Å². The molecule has 240 valence electrons. The van der Waals surface area contributed by atoms with E-state index in [1.807, 2.05) is 42.5 Å². The van der Waals surface area contributed by atoms with Crippen LogP contribution >= 0.6 is 11.6 Å². The molecule has 1 aliphatic heterocycles. The molecule has 3 amide bonds. The maximum Gasteiger partial charge on any atom is 0.302 e. The van der Waals surface area contributed by atoms with Gasteiger partial charge in [-0.1, -0.05) is 72.3 Å². The van der Waals surface area contributed by atoms with Gasteiger partial charge in [-0.25, -0.2) is 0 Å². The second-order valence-corrected chi connectivity index (χ2v) is 11.5. The highest BCUT2D eigenvalue weighted by Gasteiger charge is 2.32. The Morgan fingerprint density at radius 1 is 0.978 bits per heavy atom. The predicted octanol–water partition coefficient (Wildman–Crippen LogP) is 4.55. The molecule has 1 aliphatic carbocycles. The lowest BCUT2D eigenvalue weighted by atomic mass is 10.1. The highest BCUT2D eigenvalue weighted by molar-refractivity contribution is 6.34. The van der Waals surface area contributed by atoms with Crippen LogP contribution in [-0.2, 0) is 37.0 Å². The smallest absolute Gasteiger partial charge is 0.302 e. The van der Waals surface area contributed by atoms with Crippen LogP contribution in [0.3, 0.4) is 0 Å². The largest absolute Gasteiger partial charge is 0.490 e. The van der Waals surface area contributed by atoms with Crippen LogP contribution in [-0.4, -0.2) is 67.5 Å². The third-order valence-corrected chi connectivity index (χ3v) is 8.08. The van der Waals surface area contributed by atoms with Gasteiger partial charge in [0.05, 0.1) is 29.8 Å². The normalized spacial score (nSPS) is 17.3. The number of carbonyl (C=O) groups is 4. The number of halogens is 1. The van der Waals surface area contributed by atoms with Gasteiger partial charge in [-0.05, 0) is 41.8 Å². The first-order chi connectivity index (χ1) is 22.3. The van der Waals surface area contributed by atoms with Crippen LogP contribution in [0, 0.1) is 5.92 Å². The van der Waals surface area contributed by atoms with Gasteiger partial charge in [-0.3, -0.25) is 24.1 Å². The molecule has 46 heavy (non-hydrogen) atoms. The number of nitrogens with one attached hydrogen (secondary N) is 1. The van der Waals surface area contributed by atoms with Crippen LogP contribution in [0.2, 0.25) is 5.02 Å².